The molecule has 3 nitrogen and oxygen atoms in total. The quantitative estimate of drug-likeness (QED) is 0.404. The fourth-order valence-electron chi connectivity index (χ4n) is 3.70. The van der Waals surface area contributed by atoms with Crippen molar-refractivity contribution in [3.05, 3.63) is 84.9 Å². The Kier molecular flexibility index (Phi) is 3.72. The molecule has 0 atom stereocenters. The van der Waals surface area contributed by atoms with Crippen LogP contribution in [0, 0.1) is 0 Å². The van der Waals surface area contributed by atoms with E-state index in [9.17, 15) is 0 Å². The second-order valence-electron chi connectivity index (χ2n) is 6.61. The van der Waals surface area contributed by atoms with Crippen LogP contribution in [0.4, 0.5) is 0 Å². The van der Waals surface area contributed by atoms with E-state index in [2.05, 4.69) is 72.2 Å². The Balaban J connectivity index is 1.79. The highest BCUT2D eigenvalue weighted by atomic mass is 15.1. The highest BCUT2D eigenvalue weighted by molar-refractivity contribution is 5.95. The van der Waals surface area contributed by atoms with Crippen LogP contribution in [0.15, 0.2) is 84.9 Å². The van der Waals surface area contributed by atoms with Crippen molar-refractivity contribution >= 4 is 21.9 Å². The second-order valence-corrected chi connectivity index (χ2v) is 6.61. The number of imidazole rings is 1. The second kappa shape index (κ2) is 6.36. The Bertz CT molecular complexity index is 1250. The van der Waals surface area contributed by atoms with E-state index >= 15 is 0 Å². The van der Waals surface area contributed by atoms with Gasteiger partial charge in [-0.05, 0) is 31.2 Å². The summed E-state index contributed by atoms with van der Waals surface area (Å²) in [7, 11) is 0. The molecule has 0 saturated carbocycles. The van der Waals surface area contributed by atoms with E-state index in [0.29, 0.717) is 0 Å². The molecule has 0 aliphatic heterocycles. The van der Waals surface area contributed by atoms with Gasteiger partial charge in [0.15, 0.2) is 0 Å². The fourth-order valence-corrected chi connectivity index (χ4v) is 3.70. The van der Waals surface area contributed by atoms with Crippen LogP contribution >= 0.6 is 0 Å². The lowest BCUT2D eigenvalue weighted by Gasteiger charge is -2.10. The van der Waals surface area contributed by atoms with Gasteiger partial charge in [0.2, 0.25) is 0 Å². The molecule has 2 heterocycles. The zero-order chi connectivity index (χ0) is 18.2. The number of para-hydroxylation sites is 3. The Morgan fingerprint density at radius 3 is 2.41 bits per heavy atom. The zero-order valence-electron chi connectivity index (χ0n) is 15.1. The summed E-state index contributed by atoms with van der Waals surface area (Å²) in [5.41, 5.74) is 6.34. The van der Waals surface area contributed by atoms with Crippen LogP contribution in [0.3, 0.4) is 0 Å². The van der Waals surface area contributed by atoms with E-state index in [1.807, 2.05) is 24.3 Å². The maximum atomic E-state index is 5.01. The maximum absolute atomic E-state index is 5.01. The molecule has 3 aromatic carbocycles. The molecule has 0 bridgehead atoms. The average Bonchev–Trinajstić information content (AvgIpc) is 3.12. The first kappa shape index (κ1) is 15.8. The van der Waals surface area contributed by atoms with Gasteiger partial charge >= 0.3 is 0 Å². The molecule has 5 aromatic rings. The lowest BCUT2D eigenvalue weighted by Crippen LogP contribution is -1.99. The summed E-state index contributed by atoms with van der Waals surface area (Å²) < 4.78 is 2.26. The third-order valence-corrected chi connectivity index (χ3v) is 5.00. The molecule has 5 rings (SSSR count). The molecule has 0 radical (unpaired) electrons. The molecule has 0 saturated heterocycles. The molecule has 0 N–H and O–H groups in total. The molecule has 0 fully saturated rings. The van der Waals surface area contributed by atoms with Crippen LogP contribution in [0.5, 0.6) is 0 Å². The van der Waals surface area contributed by atoms with Gasteiger partial charge in [-0.15, -0.1) is 0 Å². The van der Waals surface area contributed by atoms with Gasteiger partial charge in [-0.3, -0.25) is 0 Å². The number of aryl methyl sites for hydroxylation is 1. The van der Waals surface area contributed by atoms with Gasteiger partial charge in [-0.1, -0.05) is 60.7 Å². The molecule has 0 aliphatic carbocycles. The van der Waals surface area contributed by atoms with Gasteiger partial charge in [-0.2, -0.15) is 0 Å². The predicted octanol–water partition coefficient (Wildman–Crippen LogP) is 5.94. The van der Waals surface area contributed by atoms with Crippen LogP contribution < -0.4 is 0 Å². The Morgan fingerprint density at radius 1 is 0.741 bits per heavy atom. The van der Waals surface area contributed by atoms with Crippen molar-refractivity contribution in [3.8, 4) is 22.6 Å². The van der Waals surface area contributed by atoms with Crippen LogP contribution in [0.25, 0.3) is 44.6 Å². The molecule has 0 aliphatic rings. The summed E-state index contributed by atoms with van der Waals surface area (Å²) in [5, 5.41) is 1.13. The zero-order valence-corrected chi connectivity index (χ0v) is 15.1. The molecule has 2 aromatic heterocycles. The number of aromatic nitrogens is 3. The van der Waals surface area contributed by atoms with Crippen LogP contribution in [0.1, 0.15) is 6.92 Å². The number of benzene rings is 3. The highest BCUT2D eigenvalue weighted by Gasteiger charge is 2.15. The molecule has 27 heavy (non-hydrogen) atoms. The third kappa shape index (κ3) is 2.59. The molecular formula is C24H19N3. The maximum Gasteiger partial charge on any atom is 0.143 e. The van der Waals surface area contributed by atoms with E-state index in [-0.39, 0.29) is 0 Å². The lowest BCUT2D eigenvalue weighted by atomic mass is 10.1. The van der Waals surface area contributed by atoms with Crippen molar-refractivity contribution in [1.29, 1.82) is 0 Å². The summed E-state index contributed by atoms with van der Waals surface area (Å²) in [4.78, 5) is 9.94. The standard InChI is InChI=1S/C24H19N3/c1-2-27-22-14-7-6-13-21(22)26-24(27)19-12-8-11-18-15-16-20(25-23(18)19)17-9-4-3-5-10-17/h3-16H,2H2,1H3. The third-order valence-electron chi connectivity index (χ3n) is 5.00. The largest absolute Gasteiger partial charge is 0.324 e. The summed E-state index contributed by atoms with van der Waals surface area (Å²) in [6.07, 6.45) is 0. The molecule has 3 heteroatoms. The van der Waals surface area contributed by atoms with Crippen molar-refractivity contribution in [2.45, 2.75) is 13.5 Å². The van der Waals surface area contributed by atoms with Gasteiger partial charge in [0, 0.05) is 23.1 Å². The molecule has 0 amide bonds. The van der Waals surface area contributed by atoms with Gasteiger partial charge in [0.05, 0.1) is 22.2 Å². The van der Waals surface area contributed by atoms with Crippen molar-refractivity contribution in [3.63, 3.8) is 0 Å². The van der Waals surface area contributed by atoms with Gasteiger partial charge in [0.25, 0.3) is 0 Å². The SMILES string of the molecule is CCn1c(-c2cccc3ccc(-c4ccccc4)nc23)nc2ccccc21. The van der Waals surface area contributed by atoms with Gasteiger partial charge in [0.1, 0.15) is 5.82 Å². The fraction of sp³-hybridized carbons (Fsp3) is 0.0833. The first-order valence-electron chi connectivity index (χ1n) is 9.26. The van der Waals surface area contributed by atoms with Crippen molar-refractivity contribution in [2.24, 2.45) is 0 Å². The van der Waals surface area contributed by atoms with Gasteiger partial charge in [-0.25, -0.2) is 9.97 Å². The monoisotopic (exact) mass is 349 g/mol. The summed E-state index contributed by atoms with van der Waals surface area (Å²) in [6, 6.07) is 29.2. The number of rotatable bonds is 3. The Hall–Kier alpha value is -3.46. The smallest absolute Gasteiger partial charge is 0.143 e. The Labute approximate surface area is 157 Å². The predicted molar refractivity (Wildman–Crippen MR) is 112 cm³/mol. The minimum atomic E-state index is 0.866. The van der Waals surface area contributed by atoms with E-state index in [4.69, 9.17) is 9.97 Å². The normalized spacial score (nSPS) is 11.3. The summed E-state index contributed by atoms with van der Waals surface area (Å²) in [5.74, 6) is 0.974. The molecule has 0 unspecified atom stereocenters. The first-order chi connectivity index (χ1) is 13.3. The van der Waals surface area contributed by atoms with Crippen molar-refractivity contribution in [1.82, 2.24) is 14.5 Å². The van der Waals surface area contributed by atoms with E-state index in [1.165, 1.54) is 0 Å². The minimum absolute atomic E-state index is 0.866. The number of pyridine rings is 1. The van der Waals surface area contributed by atoms with Crippen LogP contribution in [0.2, 0.25) is 0 Å². The Morgan fingerprint density at radius 2 is 1.56 bits per heavy atom. The molecule has 130 valence electrons. The van der Waals surface area contributed by atoms with E-state index in [1.54, 1.807) is 0 Å². The summed E-state index contributed by atoms with van der Waals surface area (Å²) in [6.45, 7) is 3.02. The van der Waals surface area contributed by atoms with Gasteiger partial charge < -0.3 is 4.57 Å². The minimum Gasteiger partial charge on any atom is -0.324 e. The average molecular weight is 349 g/mol. The number of fused-ring (bicyclic) bond motifs is 2. The summed E-state index contributed by atoms with van der Waals surface area (Å²) >= 11 is 0. The van der Waals surface area contributed by atoms with Crippen molar-refractivity contribution < 1.29 is 0 Å². The van der Waals surface area contributed by atoms with Crippen molar-refractivity contribution in [2.75, 3.05) is 0 Å². The molecule has 0 spiro atoms. The van der Waals surface area contributed by atoms with E-state index < -0.39 is 0 Å². The highest BCUT2D eigenvalue weighted by Crippen LogP contribution is 2.31. The topological polar surface area (TPSA) is 30.7 Å². The van der Waals surface area contributed by atoms with Crippen LogP contribution in [-0.4, -0.2) is 14.5 Å². The van der Waals surface area contributed by atoms with E-state index in [0.717, 1.165) is 51.1 Å². The molecular weight excluding hydrogens is 330 g/mol. The number of hydrogen-bond acceptors (Lipinski definition) is 2. The lowest BCUT2D eigenvalue weighted by molar-refractivity contribution is 0.797. The van der Waals surface area contributed by atoms with Crippen LogP contribution in [-0.2, 0) is 6.54 Å². The number of nitrogens with zero attached hydrogens (tertiary/aromatic N) is 3. The number of hydrogen-bond donors (Lipinski definition) is 0. The first-order valence-corrected chi connectivity index (χ1v) is 9.26.